The van der Waals surface area contributed by atoms with Gasteiger partial charge < -0.3 is 14.6 Å². The topological polar surface area (TPSA) is 38.7 Å². The molecule has 0 amide bonds. The van der Waals surface area contributed by atoms with Gasteiger partial charge in [0.15, 0.2) is 0 Å². The van der Waals surface area contributed by atoms with Crippen LogP contribution in [-0.4, -0.2) is 31.5 Å². The molecule has 0 aliphatic carbocycles. The molecule has 1 aliphatic heterocycles. The molecule has 1 heterocycles. The highest BCUT2D eigenvalue weighted by molar-refractivity contribution is 5.27. The maximum absolute atomic E-state index is 10.1. The molecule has 1 aliphatic rings. The van der Waals surface area contributed by atoms with Crippen molar-refractivity contribution in [2.75, 3.05) is 20.3 Å². The Bertz CT molecular complexity index is 355. The van der Waals surface area contributed by atoms with Crippen molar-refractivity contribution in [2.24, 2.45) is 5.92 Å². The summed E-state index contributed by atoms with van der Waals surface area (Å²) in [6.45, 7) is 1.71. The van der Waals surface area contributed by atoms with Gasteiger partial charge in [0.05, 0.1) is 13.2 Å². The number of hydrogen-bond acceptors (Lipinski definition) is 3. The largest absolute Gasteiger partial charge is 0.497 e. The molecule has 1 aromatic carbocycles. The SMILES string of the molecule is COc1ccc(CCC(O)CC2CCOCC2)cc1. The van der Waals surface area contributed by atoms with Crippen molar-refractivity contribution in [1.29, 1.82) is 0 Å². The molecule has 2 rings (SSSR count). The van der Waals surface area contributed by atoms with Crippen LogP contribution in [0.15, 0.2) is 24.3 Å². The standard InChI is InChI=1S/C16H24O3/c1-18-16-6-3-13(4-7-16)2-5-15(17)12-14-8-10-19-11-9-14/h3-4,6-7,14-15,17H,2,5,8-12H2,1H3. The average molecular weight is 264 g/mol. The number of hydrogen-bond donors (Lipinski definition) is 1. The molecule has 1 atom stereocenters. The average Bonchev–Trinajstić information content (AvgIpc) is 2.47. The molecule has 0 spiro atoms. The van der Waals surface area contributed by atoms with Crippen LogP contribution in [0.3, 0.4) is 0 Å². The zero-order chi connectivity index (χ0) is 13.5. The van der Waals surface area contributed by atoms with E-state index in [2.05, 4.69) is 12.1 Å². The molecule has 0 aromatic heterocycles. The van der Waals surface area contributed by atoms with Crippen LogP contribution in [0.1, 0.15) is 31.2 Å². The number of ether oxygens (including phenoxy) is 2. The van der Waals surface area contributed by atoms with Crippen LogP contribution in [0.25, 0.3) is 0 Å². The third kappa shape index (κ3) is 4.84. The van der Waals surface area contributed by atoms with Crippen molar-refractivity contribution in [2.45, 2.75) is 38.2 Å². The highest BCUT2D eigenvalue weighted by Gasteiger charge is 2.17. The fourth-order valence-corrected chi connectivity index (χ4v) is 2.61. The van der Waals surface area contributed by atoms with Crippen LogP contribution in [0.2, 0.25) is 0 Å². The van der Waals surface area contributed by atoms with Gasteiger partial charge in [-0.05, 0) is 55.7 Å². The van der Waals surface area contributed by atoms with Crippen LogP contribution in [0, 0.1) is 5.92 Å². The van der Waals surface area contributed by atoms with Gasteiger partial charge in [-0.2, -0.15) is 0 Å². The second-order valence-corrected chi connectivity index (χ2v) is 5.33. The first-order chi connectivity index (χ1) is 9.28. The predicted molar refractivity (Wildman–Crippen MR) is 75.5 cm³/mol. The van der Waals surface area contributed by atoms with E-state index in [1.165, 1.54) is 5.56 Å². The van der Waals surface area contributed by atoms with Crippen LogP contribution >= 0.6 is 0 Å². The molecular weight excluding hydrogens is 240 g/mol. The zero-order valence-electron chi connectivity index (χ0n) is 11.7. The van der Waals surface area contributed by atoms with Crippen LogP contribution in [0.4, 0.5) is 0 Å². The molecular formula is C16H24O3. The van der Waals surface area contributed by atoms with E-state index in [9.17, 15) is 5.11 Å². The van der Waals surface area contributed by atoms with Crippen molar-refractivity contribution < 1.29 is 14.6 Å². The molecule has 3 heteroatoms. The number of methoxy groups -OCH3 is 1. The van der Waals surface area contributed by atoms with Gasteiger partial charge in [-0.15, -0.1) is 0 Å². The van der Waals surface area contributed by atoms with Gasteiger partial charge in [0.25, 0.3) is 0 Å². The van der Waals surface area contributed by atoms with Gasteiger partial charge >= 0.3 is 0 Å². The van der Waals surface area contributed by atoms with Crippen molar-refractivity contribution in [1.82, 2.24) is 0 Å². The van der Waals surface area contributed by atoms with Crippen molar-refractivity contribution in [3.05, 3.63) is 29.8 Å². The summed E-state index contributed by atoms with van der Waals surface area (Å²) in [5, 5.41) is 10.1. The van der Waals surface area contributed by atoms with Gasteiger partial charge in [0.1, 0.15) is 5.75 Å². The molecule has 1 unspecified atom stereocenters. The van der Waals surface area contributed by atoms with E-state index < -0.39 is 0 Å². The zero-order valence-corrected chi connectivity index (χ0v) is 11.7. The Morgan fingerprint density at radius 3 is 2.58 bits per heavy atom. The number of aryl methyl sites for hydroxylation is 1. The van der Waals surface area contributed by atoms with Gasteiger partial charge in [-0.3, -0.25) is 0 Å². The highest BCUT2D eigenvalue weighted by Crippen LogP contribution is 2.22. The van der Waals surface area contributed by atoms with Crippen molar-refractivity contribution in [3.8, 4) is 5.75 Å². The lowest BCUT2D eigenvalue weighted by atomic mass is 9.91. The lowest BCUT2D eigenvalue weighted by molar-refractivity contribution is 0.0421. The predicted octanol–water partition coefficient (Wildman–Crippen LogP) is 2.81. The molecule has 0 saturated carbocycles. The molecule has 0 radical (unpaired) electrons. The monoisotopic (exact) mass is 264 g/mol. The summed E-state index contributed by atoms with van der Waals surface area (Å²) in [7, 11) is 1.67. The van der Waals surface area contributed by atoms with E-state index in [1.807, 2.05) is 12.1 Å². The molecule has 0 bridgehead atoms. The van der Waals surface area contributed by atoms with E-state index in [-0.39, 0.29) is 6.10 Å². The Hall–Kier alpha value is -1.06. The fourth-order valence-electron chi connectivity index (χ4n) is 2.61. The first-order valence-corrected chi connectivity index (χ1v) is 7.16. The quantitative estimate of drug-likeness (QED) is 0.858. The van der Waals surface area contributed by atoms with E-state index in [4.69, 9.17) is 9.47 Å². The normalized spacial score (nSPS) is 18.2. The van der Waals surface area contributed by atoms with Crippen LogP contribution in [0.5, 0.6) is 5.75 Å². The van der Waals surface area contributed by atoms with Crippen LogP contribution < -0.4 is 4.74 Å². The minimum Gasteiger partial charge on any atom is -0.497 e. The summed E-state index contributed by atoms with van der Waals surface area (Å²) in [5.41, 5.74) is 1.26. The number of benzene rings is 1. The highest BCUT2D eigenvalue weighted by atomic mass is 16.5. The number of aliphatic hydroxyl groups excluding tert-OH is 1. The van der Waals surface area contributed by atoms with E-state index >= 15 is 0 Å². The summed E-state index contributed by atoms with van der Waals surface area (Å²) in [4.78, 5) is 0. The number of rotatable bonds is 6. The number of aliphatic hydroxyl groups is 1. The minimum absolute atomic E-state index is 0.190. The Morgan fingerprint density at radius 1 is 1.26 bits per heavy atom. The van der Waals surface area contributed by atoms with E-state index in [1.54, 1.807) is 7.11 Å². The first kappa shape index (κ1) is 14.4. The van der Waals surface area contributed by atoms with Gasteiger partial charge in [0.2, 0.25) is 0 Å². The third-order valence-corrected chi connectivity index (χ3v) is 3.87. The Labute approximate surface area is 115 Å². The van der Waals surface area contributed by atoms with E-state index in [0.29, 0.717) is 5.92 Å². The maximum Gasteiger partial charge on any atom is 0.118 e. The summed E-state index contributed by atoms with van der Waals surface area (Å²) >= 11 is 0. The first-order valence-electron chi connectivity index (χ1n) is 7.16. The Kier molecular flexibility index (Phi) is 5.67. The summed E-state index contributed by atoms with van der Waals surface area (Å²) in [6.07, 6.45) is 4.68. The van der Waals surface area contributed by atoms with Gasteiger partial charge in [0, 0.05) is 13.2 Å². The second-order valence-electron chi connectivity index (χ2n) is 5.33. The summed E-state index contributed by atoms with van der Waals surface area (Å²) < 4.78 is 10.5. The maximum atomic E-state index is 10.1. The molecule has 3 nitrogen and oxygen atoms in total. The molecule has 1 fully saturated rings. The molecule has 19 heavy (non-hydrogen) atoms. The molecule has 106 valence electrons. The minimum atomic E-state index is -0.190. The molecule has 1 N–H and O–H groups in total. The summed E-state index contributed by atoms with van der Waals surface area (Å²) in [5.74, 6) is 1.52. The molecule has 1 saturated heterocycles. The third-order valence-electron chi connectivity index (χ3n) is 3.87. The Balaban J connectivity index is 1.71. The van der Waals surface area contributed by atoms with Gasteiger partial charge in [-0.1, -0.05) is 12.1 Å². The second kappa shape index (κ2) is 7.51. The van der Waals surface area contributed by atoms with Crippen molar-refractivity contribution in [3.63, 3.8) is 0 Å². The lowest BCUT2D eigenvalue weighted by Gasteiger charge is -2.24. The lowest BCUT2D eigenvalue weighted by Crippen LogP contribution is -2.21. The summed E-state index contributed by atoms with van der Waals surface area (Å²) in [6, 6.07) is 8.08. The Morgan fingerprint density at radius 2 is 1.95 bits per heavy atom. The van der Waals surface area contributed by atoms with Gasteiger partial charge in [-0.25, -0.2) is 0 Å². The molecule has 1 aromatic rings. The smallest absolute Gasteiger partial charge is 0.118 e. The van der Waals surface area contributed by atoms with Crippen LogP contribution in [-0.2, 0) is 11.2 Å². The van der Waals surface area contributed by atoms with Crippen molar-refractivity contribution >= 4 is 0 Å². The fraction of sp³-hybridized carbons (Fsp3) is 0.625. The van der Waals surface area contributed by atoms with E-state index in [0.717, 1.165) is 51.1 Å².